The van der Waals surface area contributed by atoms with Gasteiger partial charge in [-0.25, -0.2) is 4.98 Å². The SMILES string of the molecule is c1cc2cc3cnc[nH]c3cc2c1. The lowest BCUT2D eigenvalue weighted by Crippen LogP contribution is -1.79. The first kappa shape index (κ1) is 6.66. The molecule has 3 rings (SSSR count). The topological polar surface area (TPSA) is 28.7 Å². The van der Waals surface area contributed by atoms with E-state index < -0.39 is 0 Å². The Balaban J connectivity index is 2.57. The van der Waals surface area contributed by atoms with E-state index in [0.717, 1.165) is 10.9 Å². The lowest BCUT2D eigenvalue weighted by Gasteiger charge is -1.97. The van der Waals surface area contributed by atoms with Gasteiger partial charge in [-0.3, -0.25) is 0 Å². The largest absolute Gasteiger partial charge is 0.346 e. The third-order valence-corrected chi connectivity index (χ3v) is 2.31. The summed E-state index contributed by atoms with van der Waals surface area (Å²) in [5.74, 6) is 0. The molecule has 3 aromatic rings. The van der Waals surface area contributed by atoms with Gasteiger partial charge < -0.3 is 4.98 Å². The molecule has 0 atom stereocenters. The third kappa shape index (κ3) is 0.920. The molecule has 2 aromatic carbocycles. The highest BCUT2D eigenvalue weighted by molar-refractivity contribution is 5.96. The van der Waals surface area contributed by atoms with Crippen LogP contribution in [0.15, 0.2) is 42.9 Å². The van der Waals surface area contributed by atoms with Crippen molar-refractivity contribution >= 4 is 21.7 Å². The van der Waals surface area contributed by atoms with Crippen molar-refractivity contribution in [2.24, 2.45) is 0 Å². The molecular weight excluding hydrogens is 160 g/mol. The van der Waals surface area contributed by atoms with E-state index in [1.54, 1.807) is 6.33 Å². The molecule has 0 aliphatic rings. The first-order valence-corrected chi connectivity index (χ1v) is 4.24. The molecule has 0 fully saturated rings. The minimum absolute atomic E-state index is 1.13. The molecule has 0 saturated carbocycles. The van der Waals surface area contributed by atoms with Gasteiger partial charge in [0, 0.05) is 17.1 Å². The zero-order chi connectivity index (χ0) is 8.67. The molecule has 1 heterocycles. The normalized spacial score (nSPS) is 11.1. The molecule has 2 heteroatoms. The van der Waals surface area contributed by atoms with Gasteiger partial charge in [0.15, 0.2) is 0 Å². The maximum Gasteiger partial charge on any atom is 0.0923 e. The zero-order valence-electron chi connectivity index (χ0n) is 6.99. The van der Waals surface area contributed by atoms with E-state index in [9.17, 15) is 0 Å². The molecule has 0 aliphatic heterocycles. The Morgan fingerprint density at radius 3 is 2.77 bits per heavy atom. The van der Waals surface area contributed by atoms with Crippen molar-refractivity contribution in [3.8, 4) is 0 Å². The molecule has 0 aliphatic carbocycles. The highest BCUT2D eigenvalue weighted by atomic mass is 14.8. The smallest absolute Gasteiger partial charge is 0.0923 e. The fourth-order valence-electron chi connectivity index (χ4n) is 1.65. The Labute approximate surface area is 75.2 Å². The molecular formula is C11H8N2. The van der Waals surface area contributed by atoms with Gasteiger partial charge in [0.05, 0.1) is 6.33 Å². The summed E-state index contributed by atoms with van der Waals surface area (Å²) < 4.78 is 0. The van der Waals surface area contributed by atoms with Crippen molar-refractivity contribution in [2.45, 2.75) is 0 Å². The number of hydrogen-bond donors (Lipinski definition) is 1. The lowest BCUT2D eigenvalue weighted by atomic mass is 10.1. The van der Waals surface area contributed by atoms with Crippen LogP contribution in [0, 0.1) is 0 Å². The third-order valence-electron chi connectivity index (χ3n) is 2.31. The molecule has 62 valence electrons. The summed E-state index contributed by atoms with van der Waals surface area (Å²) in [4.78, 5) is 7.17. The average molecular weight is 168 g/mol. The van der Waals surface area contributed by atoms with Crippen LogP contribution in [0.2, 0.25) is 0 Å². The maximum atomic E-state index is 4.05. The van der Waals surface area contributed by atoms with E-state index in [1.165, 1.54) is 10.8 Å². The summed E-state index contributed by atoms with van der Waals surface area (Å²) in [5, 5.41) is 3.70. The number of hydrogen-bond acceptors (Lipinski definition) is 1. The molecule has 0 amide bonds. The van der Waals surface area contributed by atoms with Crippen LogP contribution in [-0.2, 0) is 0 Å². The second kappa shape index (κ2) is 2.33. The van der Waals surface area contributed by atoms with Gasteiger partial charge >= 0.3 is 0 Å². The van der Waals surface area contributed by atoms with Crippen molar-refractivity contribution in [3.05, 3.63) is 42.9 Å². The van der Waals surface area contributed by atoms with Crippen LogP contribution in [-0.4, -0.2) is 9.97 Å². The highest BCUT2D eigenvalue weighted by Crippen LogP contribution is 2.20. The lowest BCUT2D eigenvalue weighted by molar-refractivity contribution is 1.22. The van der Waals surface area contributed by atoms with Gasteiger partial charge in [0.1, 0.15) is 0 Å². The Bertz CT molecular complexity index is 517. The standard InChI is InChI=1S/C11H8N2/c1-2-8-4-10-6-12-7-13-11(10)5-9(8)3-1/h1-7H,(H,12,13). The first-order chi connectivity index (χ1) is 6.43. The fourth-order valence-corrected chi connectivity index (χ4v) is 1.65. The quantitative estimate of drug-likeness (QED) is 0.549. The van der Waals surface area contributed by atoms with E-state index in [-0.39, 0.29) is 0 Å². The van der Waals surface area contributed by atoms with Gasteiger partial charge in [-0.1, -0.05) is 18.2 Å². The van der Waals surface area contributed by atoms with Crippen molar-refractivity contribution in [3.63, 3.8) is 0 Å². The van der Waals surface area contributed by atoms with Crippen LogP contribution in [0.3, 0.4) is 0 Å². The summed E-state index contributed by atoms with van der Waals surface area (Å²) >= 11 is 0. The number of nitrogens with one attached hydrogen (secondary N) is 1. The van der Waals surface area contributed by atoms with Crippen LogP contribution in [0.5, 0.6) is 0 Å². The number of aromatic amines is 1. The monoisotopic (exact) mass is 168 g/mol. The minimum atomic E-state index is 1.13. The van der Waals surface area contributed by atoms with Gasteiger partial charge in [0.2, 0.25) is 0 Å². The number of nitrogens with zero attached hydrogens (tertiary/aromatic N) is 1. The van der Waals surface area contributed by atoms with Crippen LogP contribution in [0.25, 0.3) is 21.7 Å². The summed E-state index contributed by atoms with van der Waals surface area (Å²) in [6.07, 6.45) is 3.58. The second-order valence-electron chi connectivity index (χ2n) is 3.15. The molecule has 1 N–H and O–H groups in total. The summed E-state index contributed by atoms with van der Waals surface area (Å²) in [6, 6.07) is 10.6. The van der Waals surface area contributed by atoms with Crippen LogP contribution in [0.1, 0.15) is 0 Å². The molecule has 13 heavy (non-hydrogen) atoms. The van der Waals surface area contributed by atoms with Crippen molar-refractivity contribution in [1.29, 1.82) is 0 Å². The summed E-state index contributed by atoms with van der Waals surface area (Å²) in [7, 11) is 0. The van der Waals surface area contributed by atoms with E-state index in [2.05, 4.69) is 40.3 Å². The first-order valence-electron chi connectivity index (χ1n) is 4.24. The van der Waals surface area contributed by atoms with Crippen molar-refractivity contribution in [2.75, 3.05) is 0 Å². The van der Waals surface area contributed by atoms with E-state index in [0.29, 0.717) is 0 Å². The van der Waals surface area contributed by atoms with E-state index in [1.807, 2.05) is 6.20 Å². The molecule has 0 unspecified atom stereocenters. The van der Waals surface area contributed by atoms with Gasteiger partial charge in [0.25, 0.3) is 0 Å². The Morgan fingerprint density at radius 1 is 1.00 bits per heavy atom. The summed E-state index contributed by atoms with van der Waals surface area (Å²) in [5.41, 5.74) is 1.13. The van der Waals surface area contributed by atoms with Crippen LogP contribution < -0.4 is 0 Å². The number of H-pyrrole nitrogens is 1. The molecule has 1 aromatic heterocycles. The Kier molecular flexibility index (Phi) is 1.19. The molecule has 0 radical (unpaired) electrons. The number of fused-ring (bicyclic) bond motifs is 2. The fraction of sp³-hybridized carbons (Fsp3) is 0. The van der Waals surface area contributed by atoms with E-state index in [4.69, 9.17) is 0 Å². The second-order valence-corrected chi connectivity index (χ2v) is 3.15. The van der Waals surface area contributed by atoms with Crippen LogP contribution >= 0.6 is 0 Å². The number of aromatic nitrogens is 2. The maximum absolute atomic E-state index is 4.05. The van der Waals surface area contributed by atoms with Gasteiger partial charge in [-0.2, -0.15) is 0 Å². The van der Waals surface area contributed by atoms with Gasteiger partial charge in [-0.05, 0) is 22.9 Å². The van der Waals surface area contributed by atoms with Crippen molar-refractivity contribution in [1.82, 2.24) is 9.97 Å². The number of benzene rings is 1. The predicted molar refractivity (Wildman–Crippen MR) is 53.6 cm³/mol. The Hall–Kier alpha value is -1.83. The van der Waals surface area contributed by atoms with Crippen LogP contribution in [0.4, 0.5) is 0 Å². The zero-order valence-corrected chi connectivity index (χ0v) is 6.99. The molecule has 0 spiro atoms. The molecule has 0 saturated heterocycles. The number of rotatable bonds is 0. The predicted octanol–water partition coefficient (Wildman–Crippen LogP) is 2.72. The average Bonchev–Trinajstić information content (AvgIpc) is 2.61. The van der Waals surface area contributed by atoms with E-state index >= 15 is 0 Å². The Morgan fingerprint density at radius 2 is 1.85 bits per heavy atom. The van der Waals surface area contributed by atoms with Crippen molar-refractivity contribution < 1.29 is 0 Å². The molecule has 0 bridgehead atoms. The highest BCUT2D eigenvalue weighted by Gasteiger charge is 1.96. The van der Waals surface area contributed by atoms with Gasteiger partial charge in [-0.15, -0.1) is 0 Å². The molecule has 2 nitrogen and oxygen atoms in total. The summed E-state index contributed by atoms with van der Waals surface area (Å²) in [6.45, 7) is 0. The minimum Gasteiger partial charge on any atom is -0.346 e.